The maximum atomic E-state index is 13.3. The van der Waals surface area contributed by atoms with Crippen LogP contribution in [0.4, 0.5) is 0 Å². The molecule has 6 nitrogen and oxygen atoms in total. The summed E-state index contributed by atoms with van der Waals surface area (Å²) < 4.78 is 0. The van der Waals surface area contributed by atoms with Crippen LogP contribution in [0.15, 0.2) is 36.2 Å². The first-order chi connectivity index (χ1) is 13.6. The monoisotopic (exact) mass is 399 g/mol. The molecule has 2 aliphatic rings. The van der Waals surface area contributed by atoms with Gasteiger partial charge in [-0.2, -0.15) is 0 Å². The maximum absolute atomic E-state index is 13.3. The number of amides is 2. The van der Waals surface area contributed by atoms with Crippen molar-refractivity contribution in [1.82, 2.24) is 15.5 Å². The molecule has 2 heterocycles. The van der Waals surface area contributed by atoms with Crippen molar-refractivity contribution in [1.29, 1.82) is 0 Å². The van der Waals surface area contributed by atoms with Crippen LogP contribution in [0.25, 0.3) is 0 Å². The zero-order chi connectivity index (χ0) is 21.3. The Kier molecular flexibility index (Phi) is 5.92. The molecular formula is C23H33N3O3. The Morgan fingerprint density at radius 1 is 1.24 bits per heavy atom. The minimum Gasteiger partial charge on any atom is -0.509 e. The van der Waals surface area contributed by atoms with Gasteiger partial charge in [0, 0.05) is 18.3 Å². The van der Waals surface area contributed by atoms with E-state index in [9.17, 15) is 14.7 Å². The third-order valence-corrected chi connectivity index (χ3v) is 5.75. The lowest BCUT2D eigenvalue weighted by molar-refractivity contribution is -0.134. The summed E-state index contributed by atoms with van der Waals surface area (Å²) in [6.45, 7) is 11.0. The molecule has 1 saturated heterocycles. The van der Waals surface area contributed by atoms with Crippen LogP contribution in [0.1, 0.15) is 63.4 Å². The molecule has 6 heteroatoms. The molecule has 0 bridgehead atoms. The summed E-state index contributed by atoms with van der Waals surface area (Å²) in [5.74, 6) is 0.0593. The van der Waals surface area contributed by atoms with E-state index in [4.69, 9.17) is 0 Å². The van der Waals surface area contributed by atoms with E-state index in [1.807, 2.05) is 38.1 Å². The van der Waals surface area contributed by atoms with E-state index in [0.29, 0.717) is 18.5 Å². The Balaban J connectivity index is 1.74. The molecule has 0 radical (unpaired) electrons. The highest BCUT2D eigenvalue weighted by molar-refractivity contribution is 5.97. The van der Waals surface area contributed by atoms with Crippen molar-refractivity contribution in [3.05, 3.63) is 47.4 Å². The van der Waals surface area contributed by atoms with E-state index >= 15 is 0 Å². The number of hydrogen-bond acceptors (Lipinski definition) is 4. The summed E-state index contributed by atoms with van der Waals surface area (Å²) in [4.78, 5) is 27.8. The Hall–Kier alpha value is -2.50. The number of fused-ring (bicyclic) bond motifs is 1. The molecule has 0 spiro atoms. The number of carbonyl (C=O) groups excluding carboxylic acids is 2. The second-order valence-corrected chi connectivity index (χ2v) is 9.59. The fourth-order valence-corrected chi connectivity index (χ4v) is 4.11. The quantitative estimate of drug-likeness (QED) is 0.711. The molecule has 3 atom stereocenters. The second-order valence-electron chi connectivity index (χ2n) is 9.59. The van der Waals surface area contributed by atoms with Gasteiger partial charge < -0.3 is 20.6 Å². The first-order valence-corrected chi connectivity index (χ1v) is 10.4. The topological polar surface area (TPSA) is 81.7 Å². The van der Waals surface area contributed by atoms with Gasteiger partial charge in [0.25, 0.3) is 5.91 Å². The van der Waals surface area contributed by atoms with Crippen molar-refractivity contribution < 1.29 is 14.7 Å². The van der Waals surface area contributed by atoms with E-state index in [1.165, 1.54) is 0 Å². The standard InChI is InChI=1S/C23H33N3O3/c1-14(2)12-18(22(29)26-11-10-17-20(26)19(27)13-24-17)25-21(28)15-6-8-16(9-7-15)23(3,4)5/h6-9,13-14,17-18,20,24,27H,10-12H2,1-5H3,(H,25,28)/t17-,18+,20+/m1/s1. The van der Waals surface area contributed by atoms with Crippen LogP contribution in [-0.4, -0.2) is 46.5 Å². The number of aliphatic hydroxyl groups excluding tert-OH is 1. The number of carbonyl (C=O) groups is 2. The molecule has 3 N–H and O–H groups in total. The van der Waals surface area contributed by atoms with Gasteiger partial charge in [-0.1, -0.05) is 46.8 Å². The lowest BCUT2D eigenvalue weighted by Gasteiger charge is -2.29. The zero-order valence-corrected chi connectivity index (χ0v) is 18.0. The van der Waals surface area contributed by atoms with Gasteiger partial charge in [-0.15, -0.1) is 0 Å². The van der Waals surface area contributed by atoms with Crippen molar-refractivity contribution in [2.24, 2.45) is 5.92 Å². The fourth-order valence-electron chi connectivity index (χ4n) is 4.11. The highest BCUT2D eigenvalue weighted by Gasteiger charge is 2.44. The predicted octanol–water partition coefficient (Wildman–Crippen LogP) is 3.10. The lowest BCUT2D eigenvalue weighted by atomic mass is 9.86. The molecule has 0 unspecified atom stereocenters. The van der Waals surface area contributed by atoms with E-state index in [1.54, 1.807) is 11.1 Å². The number of rotatable bonds is 5. The van der Waals surface area contributed by atoms with Crippen molar-refractivity contribution in [2.75, 3.05) is 6.54 Å². The number of hydrogen-bond donors (Lipinski definition) is 3. The number of nitrogens with zero attached hydrogens (tertiary/aromatic N) is 1. The van der Waals surface area contributed by atoms with Crippen LogP contribution >= 0.6 is 0 Å². The maximum Gasteiger partial charge on any atom is 0.251 e. The molecule has 0 saturated carbocycles. The normalized spacial score (nSPS) is 22.1. The first kappa shape index (κ1) is 21.2. The number of aliphatic hydroxyl groups is 1. The van der Waals surface area contributed by atoms with Crippen molar-refractivity contribution >= 4 is 11.8 Å². The van der Waals surface area contributed by atoms with E-state index in [0.717, 1.165) is 12.0 Å². The molecular weight excluding hydrogens is 366 g/mol. The molecule has 2 amide bonds. The van der Waals surface area contributed by atoms with E-state index < -0.39 is 6.04 Å². The number of benzene rings is 1. The summed E-state index contributed by atoms with van der Waals surface area (Å²) in [7, 11) is 0. The smallest absolute Gasteiger partial charge is 0.251 e. The average Bonchev–Trinajstić information content (AvgIpc) is 3.23. The van der Waals surface area contributed by atoms with Gasteiger partial charge in [-0.05, 0) is 41.9 Å². The van der Waals surface area contributed by atoms with Crippen LogP contribution in [0.2, 0.25) is 0 Å². The Morgan fingerprint density at radius 2 is 1.90 bits per heavy atom. The molecule has 29 heavy (non-hydrogen) atoms. The molecule has 3 rings (SSSR count). The van der Waals surface area contributed by atoms with Crippen LogP contribution < -0.4 is 10.6 Å². The predicted molar refractivity (Wildman–Crippen MR) is 114 cm³/mol. The minimum atomic E-state index is -0.614. The van der Waals surface area contributed by atoms with Gasteiger partial charge in [-0.25, -0.2) is 0 Å². The fraction of sp³-hybridized carbons (Fsp3) is 0.565. The summed E-state index contributed by atoms with van der Waals surface area (Å²) in [6.07, 6.45) is 2.91. The summed E-state index contributed by atoms with van der Waals surface area (Å²) in [6, 6.07) is 6.66. The summed E-state index contributed by atoms with van der Waals surface area (Å²) in [5, 5.41) is 16.2. The van der Waals surface area contributed by atoms with Gasteiger partial charge in [0.1, 0.15) is 17.8 Å². The second kappa shape index (κ2) is 8.09. The third kappa shape index (κ3) is 4.57. The third-order valence-electron chi connectivity index (χ3n) is 5.75. The van der Waals surface area contributed by atoms with Gasteiger partial charge in [0.15, 0.2) is 0 Å². The van der Waals surface area contributed by atoms with Crippen molar-refractivity contribution in [3.8, 4) is 0 Å². The summed E-state index contributed by atoms with van der Waals surface area (Å²) in [5.41, 5.74) is 1.72. The Bertz CT molecular complexity index is 793. The van der Waals surface area contributed by atoms with Gasteiger partial charge in [0.05, 0.1) is 6.04 Å². The minimum absolute atomic E-state index is 0.0162. The molecule has 158 valence electrons. The van der Waals surface area contributed by atoms with Crippen LogP contribution in [0.3, 0.4) is 0 Å². The van der Waals surface area contributed by atoms with Gasteiger partial charge in [-0.3, -0.25) is 9.59 Å². The van der Waals surface area contributed by atoms with Gasteiger partial charge >= 0.3 is 0 Å². The zero-order valence-electron chi connectivity index (χ0n) is 18.0. The molecule has 1 aromatic carbocycles. The molecule has 0 aliphatic carbocycles. The molecule has 1 fully saturated rings. The van der Waals surface area contributed by atoms with Crippen molar-refractivity contribution in [2.45, 2.75) is 71.0 Å². The molecule has 0 aromatic heterocycles. The molecule has 2 aliphatic heterocycles. The van der Waals surface area contributed by atoms with E-state index in [-0.39, 0.29) is 41.0 Å². The Labute approximate surface area is 173 Å². The highest BCUT2D eigenvalue weighted by Crippen LogP contribution is 2.28. The number of likely N-dealkylation sites (tertiary alicyclic amines) is 1. The highest BCUT2D eigenvalue weighted by atomic mass is 16.3. The lowest BCUT2D eigenvalue weighted by Crippen LogP contribution is -2.52. The number of nitrogens with one attached hydrogen (secondary N) is 2. The first-order valence-electron chi connectivity index (χ1n) is 10.4. The van der Waals surface area contributed by atoms with Gasteiger partial charge in [0.2, 0.25) is 5.91 Å². The van der Waals surface area contributed by atoms with Crippen LogP contribution in [0.5, 0.6) is 0 Å². The van der Waals surface area contributed by atoms with Crippen LogP contribution in [0, 0.1) is 5.92 Å². The van der Waals surface area contributed by atoms with Crippen molar-refractivity contribution in [3.63, 3.8) is 0 Å². The largest absolute Gasteiger partial charge is 0.509 e. The average molecular weight is 400 g/mol. The Morgan fingerprint density at radius 3 is 2.48 bits per heavy atom. The van der Waals surface area contributed by atoms with E-state index in [2.05, 4.69) is 31.4 Å². The van der Waals surface area contributed by atoms with Crippen LogP contribution in [-0.2, 0) is 10.2 Å². The summed E-state index contributed by atoms with van der Waals surface area (Å²) >= 11 is 0. The SMILES string of the molecule is CC(C)C[C@H](NC(=O)c1ccc(C(C)(C)C)cc1)C(=O)N1CC[C@H]2NC=C(O)[C@H]21. The molecule has 1 aromatic rings.